The highest BCUT2D eigenvalue weighted by atomic mass is 16.2. The van der Waals surface area contributed by atoms with Gasteiger partial charge in [-0.15, -0.1) is 5.10 Å². The molecule has 0 spiro atoms. The minimum absolute atomic E-state index is 0.150. The molecule has 25 heavy (non-hydrogen) atoms. The molecule has 0 unspecified atom stereocenters. The van der Waals surface area contributed by atoms with Gasteiger partial charge in [-0.3, -0.25) is 4.79 Å². The third-order valence-electron chi connectivity index (χ3n) is 4.58. The zero-order chi connectivity index (χ0) is 17.5. The summed E-state index contributed by atoms with van der Waals surface area (Å²) < 4.78 is 1.83. The van der Waals surface area contributed by atoms with Gasteiger partial charge >= 0.3 is 0 Å². The molecule has 0 saturated carbocycles. The Morgan fingerprint density at radius 3 is 2.84 bits per heavy atom. The lowest BCUT2D eigenvalue weighted by atomic mass is 10.1. The molecule has 0 aliphatic carbocycles. The second-order valence-electron chi connectivity index (χ2n) is 6.43. The van der Waals surface area contributed by atoms with Gasteiger partial charge in [-0.05, 0) is 44.5 Å². The molecule has 1 saturated heterocycles. The lowest BCUT2D eigenvalue weighted by Gasteiger charge is -2.22. The number of piperidine rings is 1. The van der Waals surface area contributed by atoms with Crippen molar-refractivity contribution < 1.29 is 4.79 Å². The smallest absolute Gasteiger partial charge is 0.273 e. The van der Waals surface area contributed by atoms with E-state index in [0.717, 1.165) is 38.9 Å². The SMILES string of the molecule is CN(CCCNC(=O)c1cn(C2CCNCC2)nn1)c1ccccc1. The van der Waals surface area contributed by atoms with Crippen molar-refractivity contribution in [2.45, 2.75) is 25.3 Å². The lowest BCUT2D eigenvalue weighted by Crippen LogP contribution is -2.30. The monoisotopic (exact) mass is 342 g/mol. The first kappa shape index (κ1) is 17.4. The van der Waals surface area contributed by atoms with Crippen LogP contribution in [0.5, 0.6) is 0 Å². The fraction of sp³-hybridized carbons (Fsp3) is 0.500. The van der Waals surface area contributed by atoms with Gasteiger partial charge in [0.2, 0.25) is 0 Å². The van der Waals surface area contributed by atoms with E-state index in [1.54, 1.807) is 6.20 Å². The highest BCUT2D eigenvalue weighted by Crippen LogP contribution is 2.17. The van der Waals surface area contributed by atoms with Crippen LogP contribution in [-0.2, 0) is 0 Å². The highest BCUT2D eigenvalue weighted by Gasteiger charge is 2.18. The average molecular weight is 342 g/mol. The molecule has 2 heterocycles. The summed E-state index contributed by atoms with van der Waals surface area (Å²) in [5, 5.41) is 14.4. The normalized spacial score (nSPS) is 15.1. The molecule has 1 aliphatic rings. The van der Waals surface area contributed by atoms with Gasteiger partial charge in [-0.25, -0.2) is 4.68 Å². The van der Waals surface area contributed by atoms with Crippen LogP contribution in [0, 0.1) is 0 Å². The molecule has 1 aromatic heterocycles. The Labute approximate surface area is 148 Å². The number of rotatable bonds is 7. The number of hydrogen-bond acceptors (Lipinski definition) is 5. The van der Waals surface area contributed by atoms with Crippen LogP contribution in [0.4, 0.5) is 5.69 Å². The van der Waals surface area contributed by atoms with Crippen LogP contribution < -0.4 is 15.5 Å². The number of para-hydroxylation sites is 1. The van der Waals surface area contributed by atoms with E-state index < -0.39 is 0 Å². The number of anilines is 1. The molecule has 0 atom stereocenters. The molecule has 134 valence electrons. The summed E-state index contributed by atoms with van der Waals surface area (Å²) in [6.07, 6.45) is 4.69. The summed E-state index contributed by atoms with van der Waals surface area (Å²) in [6.45, 7) is 3.48. The van der Waals surface area contributed by atoms with Gasteiger partial charge in [0.1, 0.15) is 0 Å². The maximum Gasteiger partial charge on any atom is 0.273 e. The summed E-state index contributed by atoms with van der Waals surface area (Å²) >= 11 is 0. The predicted molar refractivity (Wildman–Crippen MR) is 97.8 cm³/mol. The van der Waals surface area contributed by atoms with E-state index in [1.165, 1.54) is 5.69 Å². The number of carbonyl (C=O) groups is 1. The summed E-state index contributed by atoms with van der Waals surface area (Å²) in [5.41, 5.74) is 1.58. The molecule has 2 aromatic rings. The van der Waals surface area contributed by atoms with E-state index in [1.807, 2.05) is 22.9 Å². The van der Waals surface area contributed by atoms with Crippen molar-refractivity contribution in [3.63, 3.8) is 0 Å². The zero-order valence-electron chi connectivity index (χ0n) is 14.7. The number of carbonyl (C=O) groups excluding carboxylic acids is 1. The minimum Gasteiger partial charge on any atom is -0.375 e. The van der Waals surface area contributed by atoms with Crippen molar-refractivity contribution in [1.82, 2.24) is 25.6 Å². The van der Waals surface area contributed by atoms with Crippen LogP contribution in [0.3, 0.4) is 0 Å². The molecule has 2 N–H and O–H groups in total. The standard InChI is InChI=1S/C18H26N6O/c1-23(15-6-3-2-4-7-15)13-5-10-20-18(25)17-14-24(22-21-17)16-8-11-19-12-9-16/h2-4,6-7,14,16,19H,5,8-13H2,1H3,(H,20,25). The largest absolute Gasteiger partial charge is 0.375 e. The Morgan fingerprint density at radius 1 is 1.32 bits per heavy atom. The Balaban J connectivity index is 1.41. The van der Waals surface area contributed by atoms with Crippen molar-refractivity contribution in [1.29, 1.82) is 0 Å². The van der Waals surface area contributed by atoms with Gasteiger partial charge in [0, 0.05) is 25.8 Å². The molecule has 1 fully saturated rings. The van der Waals surface area contributed by atoms with Gasteiger partial charge in [0.15, 0.2) is 5.69 Å². The Hall–Kier alpha value is -2.41. The first-order valence-electron chi connectivity index (χ1n) is 8.91. The molecule has 7 heteroatoms. The summed E-state index contributed by atoms with van der Waals surface area (Å²) in [4.78, 5) is 14.4. The summed E-state index contributed by atoms with van der Waals surface area (Å²) in [7, 11) is 2.06. The van der Waals surface area contributed by atoms with Crippen molar-refractivity contribution in [2.24, 2.45) is 0 Å². The topological polar surface area (TPSA) is 75.1 Å². The molecule has 3 rings (SSSR count). The van der Waals surface area contributed by atoms with Crippen LogP contribution in [0.15, 0.2) is 36.5 Å². The van der Waals surface area contributed by atoms with Crippen molar-refractivity contribution >= 4 is 11.6 Å². The molecule has 0 bridgehead atoms. The first-order valence-corrected chi connectivity index (χ1v) is 8.91. The average Bonchev–Trinajstić information content (AvgIpc) is 3.16. The Morgan fingerprint density at radius 2 is 2.08 bits per heavy atom. The quantitative estimate of drug-likeness (QED) is 0.745. The highest BCUT2D eigenvalue weighted by molar-refractivity contribution is 5.91. The maximum atomic E-state index is 12.2. The van der Waals surface area contributed by atoms with Crippen LogP contribution >= 0.6 is 0 Å². The number of amides is 1. The molecule has 7 nitrogen and oxygen atoms in total. The molecular weight excluding hydrogens is 316 g/mol. The molecule has 0 radical (unpaired) electrons. The number of nitrogens with one attached hydrogen (secondary N) is 2. The van der Waals surface area contributed by atoms with Crippen molar-refractivity contribution in [3.8, 4) is 0 Å². The van der Waals surface area contributed by atoms with Crippen molar-refractivity contribution in [3.05, 3.63) is 42.2 Å². The summed E-state index contributed by atoms with van der Waals surface area (Å²) in [5.74, 6) is -0.150. The zero-order valence-corrected chi connectivity index (χ0v) is 14.7. The fourth-order valence-corrected chi connectivity index (χ4v) is 3.05. The van der Waals surface area contributed by atoms with Gasteiger partial charge in [-0.1, -0.05) is 23.4 Å². The third-order valence-corrected chi connectivity index (χ3v) is 4.58. The van der Waals surface area contributed by atoms with E-state index >= 15 is 0 Å². The number of hydrogen-bond donors (Lipinski definition) is 2. The van der Waals surface area contributed by atoms with E-state index in [9.17, 15) is 4.79 Å². The second-order valence-corrected chi connectivity index (χ2v) is 6.43. The van der Waals surface area contributed by atoms with E-state index in [0.29, 0.717) is 18.3 Å². The molecular formula is C18H26N6O. The van der Waals surface area contributed by atoms with Gasteiger partial charge < -0.3 is 15.5 Å². The van der Waals surface area contributed by atoms with E-state index in [-0.39, 0.29) is 5.91 Å². The minimum atomic E-state index is -0.150. The third kappa shape index (κ3) is 4.79. The van der Waals surface area contributed by atoms with Gasteiger partial charge in [0.25, 0.3) is 5.91 Å². The fourth-order valence-electron chi connectivity index (χ4n) is 3.05. The Kier molecular flexibility index (Phi) is 6.00. The first-order chi connectivity index (χ1) is 12.2. The van der Waals surface area contributed by atoms with Crippen molar-refractivity contribution in [2.75, 3.05) is 38.1 Å². The number of benzene rings is 1. The maximum absolute atomic E-state index is 12.2. The van der Waals surface area contributed by atoms with E-state index in [4.69, 9.17) is 0 Å². The lowest BCUT2D eigenvalue weighted by molar-refractivity contribution is 0.0948. The summed E-state index contributed by atoms with van der Waals surface area (Å²) in [6, 6.07) is 10.6. The van der Waals surface area contributed by atoms with Crippen LogP contribution in [0.1, 0.15) is 35.8 Å². The van der Waals surface area contributed by atoms with Crippen LogP contribution in [0.2, 0.25) is 0 Å². The second kappa shape index (κ2) is 8.62. The van der Waals surface area contributed by atoms with Gasteiger partial charge in [-0.2, -0.15) is 0 Å². The molecule has 1 amide bonds. The van der Waals surface area contributed by atoms with Crippen LogP contribution in [0.25, 0.3) is 0 Å². The molecule has 1 aliphatic heterocycles. The van der Waals surface area contributed by atoms with E-state index in [2.05, 4.69) is 45.0 Å². The Bertz CT molecular complexity index is 665. The molecule has 1 aromatic carbocycles. The van der Waals surface area contributed by atoms with Gasteiger partial charge in [0.05, 0.1) is 12.2 Å². The number of nitrogens with zero attached hydrogens (tertiary/aromatic N) is 4. The predicted octanol–water partition coefficient (Wildman–Crippen LogP) is 1.46. The van der Waals surface area contributed by atoms with Crippen LogP contribution in [-0.4, -0.2) is 54.1 Å². The number of aromatic nitrogens is 3.